The molecule has 0 radical (unpaired) electrons. The van der Waals surface area contributed by atoms with Gasteiger partial charge in [-0.25, -0.2) is 0 Å². The molecule has 0 N–H and O–H groups in total. The van der Waals surface area contributed by atoms with Crippen molar-refractivity contribution in [3.05, 3.63) is 31.9 Å². The molecule has 0 saturated heterocycles. The lowest BCUT2D eigenvalue weighted by Gasteiger charge is -2.01. The maximum atomic E-state index is 8.62. The van der Waals surface area contributed by atoms with Crippen molar-refractivity contribution in [3.63, 3.8) is 0 Å². The quantitative estimate of drug-likeness (QED) is 0.668. The average Bonchev–Trinajstić information content (AvgIpc) is 2.01. The van der Waals surface area contributed by atoms with Crippen LogP contribution in [-0.4, -0.2) is 0 Å². The maximum Gasteiger partial charge on any atom is 0.0994 e. The molecule has 1 nitrogen and oxygen atoms in total. The van der Waals surface area contributed by atoms with Gasteiger partial charge in [-0.15, -0.1) is 0 Å². The molecule has 0 aliphatic heterocycles. The van der Waals surface area contributed by atoms with Crippen LogP contribution in [-0.2, 0) is 0 Å². The Labute approximate surface area is 84.1 Å². The average molecular weight is 277 g/mol. The minimum absolute atomic E-state index is 0.649. The molecule has 1 aromatic carbocycles. The lowest BCUT2D eigenvalue weighted by molar-refractivity contribution is 1.38. The maximum absolute atomic E-state index is 8.62. The lowest BCUT2D eigenvalue weighted by Crippen LogP contribution is -1.85. The van der Waals surface area contributed by atoms with Crippen LogP contribution < -0.4 is 0 Å². The van der Waals surface area contributed by atoms with Gasteiger partial charge in [0.1, 0.15) is 0 Å². The molecule has 1 aromatic rings. The van der Waals surface area contributed by atoms with E-state index in [9.17, 15) is 0 Å². The Bertz CT molecular complexity index is 328. The van der Waals surface area contributed by atoms with Crippen molar-refractivity contribution >= 4 is 34.2 Å². The van der Waals surface area contributed by atoms with Crippen molar-refractivity contribution in [2.45, 2.75) is 6.92 Å². The predicted molar refractivity (Wildman–Crippen MR) is 53.6 cm³/mol. The van der Waals surface area contributed by atoms with Gasteiger partial charge in [0.15, 0.2) is 0 Å². The summed E-state index contributed by atoms with van der Waals surface area (Å²) in [6, 6.07) is 5.70. The third-order valence-electron chi connectivity index (χ3n) is 1.46. The molecule has 0 aromatic heterocycles. The molecule has 0 spiro atoms. The molecule has 0 saturated carbocycles. The van der Waals surface area contributed by atoms with Crippen LogP contribution in [0.2, 0.25) is 5.02 Å². The molecule has 0 unspecified atom stereocenters. The molecule has 11 heavy (non-hydrogen) atoms. The fourth-order valence-electron chi connectivity index (χ4n) is 0.773. The largest absolute Gasteiger partial charge is 0.192 e. The first kappa shape index (κ1) is 8.82. The lowest BCUT2D eigenvalue weighted by atomic mass is 10.1. The van der Waals surface area contributed by atoms with E-state index in [0.717, 1.165) is 9.13 Å². The Morgan fingerprint density at radius 3 is 2.73 bits per heavy atom. The van der Waals surface area contributed by atoms with E-state index in [1.54, 1.807) is 6.07 Å². The Kier molecular flexibility index (Phi) is 2.74. The van der Waals surface area contributed by atoms with Crippen molar-refractivity contribution in [2.75, 3.05) is 0 Å². The summed E-state index contributed by atoms with van der Waals surface area (Å²) in [5, 5.41) is 9.31. The summed E-state index contributed by atoms with van der Waals surface area (Å²) >= 11 is 8.04. The topological polar surface area (TPSA) is 23.8 Å². The molecule has 0 bridgehead atoms. The van der Waals surface area contributed by atoms with E-state index in [1.807, 2.05) is 13.0 Å². The summed E-state index contributed by atoms with van der Waals surface area (Å²) in [7, 11) is 0. The third kappa shape index (κ3) is 1.66. The Morgan fingerprint density at radius 1 is 1.55 bits per heavy atom. The summed E-state index contributed by atoms with van der Waals surface area (Å²) in [6.07, 6.45) is 0. The van der Waals surface area contributed by atoms with Gasteiger partial charge in [0.25, 0.3) is 0 Å². The van der Waals surface area contributed by atoms with Gasteiger partial charge in [-0.05, 0) is 47.2 Å². The van der Waals surface area contributed by atoms with Crippen LogP contribution in [0.5, 0.6) is 0 Å². The molecule has 56 valence electrons. The van der Waals surface area contributed by atoms with Gasteiger partial charge in [-0.3, -0.25) is 0 Å². The van der Waals surface area contributed by atoms with E-state index >= 15 is 0 Å². The van der Waals surface area contributed by atoms with E-state index in [4.69, 9.17) is 16.9 Å². The summed E-state index contributed by atoms with van der Waals surface area (Å²) in [6.45, 7) is 1.85. The van der Waals surface area contributed by atoms with Gasteiger partial charge in [0.2, 0.25) is 0 Å². The zero-order valence-corrected chi connectivity index (χ0v) is 8.77. The van der Waals surface area contributed by atoms with Crippen molar-refractivity contribution < 1.29 is 0 Å². The van der Waals surface area contributed by atoms with Gasteiger partial charge in [0.05, 0.1) is 16.7 Å². The fourth-order valence-corrected chi connectivity index (χ4v) is 1.52. The Balaban J connectivity index is 3.40. The number of nitriles is 1. The van der Waals surface area contributed by atoms with Gasteiger partial charge < -0.3 is 0 Å². The third-order valence-corrected chi connectivity index (χ3v) is 3.16. The molecule has 3 heteroatoms. The van der Waals surface area contributed by atoms with Gasteiger partial charge in [-0.1, -0.05) is 11.6 Å². The molecule has 0 fully saturated rings. The minimum Gasteiger partial charge on any atom is -0.192 e. The van der Waals surface area contributed by atoms with Crippen molar-refractivity contribution in [1.82, 2.24) is 0 Å². The molecule has 0 amide bonds. The Morgan fingerprint density at radius 2 is 2.18 bits per heavy atom. The van der Waals surface area contributed by atoms with E-state index in [0.29, 0.717) is 10.6 Å². The van der Waals surface area contributed by atoms with Crippen molar-refractivity contribution in [3.8, 4) is 6.07 Å². The highest BCUT2D eigenvalue weighted by Crippen LogP contribution is 2.24. The van der Waals surface area contributed by atoms with Crippen LogP contribution in [0, 0.1) is 21.8 Å². The van der Waals surface area contributed by atoms with E-state index in [1.165, 1.54) is 0 Å². The zero-order valence-electron chi connectivity index (χ0n) is 5.86. The fraction of sp³-hybridized carbons (Fsp3) is 0.125. The first-order valence-corrected chi connectivity index (χ1v) is 4.47. The smallest absolute Gasteiger partial charge is 0.0994 e. The van der Waals surface area contributed by atoms with Crippen LogP contribution in [0.4, 0.5) is 0 Å². The Hall–Kier alpha value is -0.270. The first-order valence-electron chi connectivity index (χ1n) is 3.01. The summed E-state index contributed by atoms with van der Waals surface area (Å²) in [5.41, 5.74) is 1.51. The number of nitrogens with zero attached hydrogens (tertiary/aromatic N) is 1. The number of hydrogen-bond acceptors (Lipinski definition) is 1. The van der Waals surface area contributed by atoms with E-state index < -0.39 is 0 Å². The highest BCUT2D eigenvalue weighted by atomic mass is 127. The van der Waals surface area contributed by atoms with Crippen LogP contribution in [0.15, 0.2) is 12.1 Å². The number of rotatable bonds is 0. The second-order valence-electron chi connectivity index (χ2n) is 2.15. The second-order valence-corrected chi connectivity index (χ2v) is 3.69. The van der Waals surface area contributed by atoms with Gasteiger partial charge in [-0.2, -0.15) is 5.26 Å². The molecule has 0 aliphatic carbocycles. The molecule has 0 aliphatic rings. The molecule has 1 rings (SSSR count). The van der Waals surface area contributed by atoms with E-state index in [2.05, 4.69) is 28.7 Å². The molecular weight excluding hydrogens is 272 g/mol. The standard InChI is InChI=1S/C8H5ClIN/c1-5-6(4-11)2-3-7(10)8(5)9/h2-3H,1H3. The highest BCUT2D eigenvalue weighted by Gasteiger charge is 2.04. The van der Waals surface area contributed by atoms with Gasteiger partial charge in [0, 0.05) is 3.57 Å². The summed E-state index contributed by atoms with van der Waals surface area (Å²) in [5.74, 6) is 0. The molecule has 0 heterocycles. The normalized spacial score (nSPS) is 9.27. The zero-order chi connectivity index (χ0) is 8.43. The van der Waals surface area contributed by atoms with Gasteiger partial charge >= 0.3 is 0 Å². The monoisotopic (exact) mass is 277 g/mol. The summed E-state index contributed by atoms with van der Waals surface area (Å²) < 4.78 is 0.987. The number of hydrogen-bond donors (Lipinski definition) is 0. The number of halogens is 2. The SMILES string of the molecule is Cc1c(C#N)ccc(I)c1Cl. The van der Waals surface area contributed by atoms with Crippen LogP contribution in [0.1, 0.15) is 11.1 Å². The molecule has 0 atom stereocenters. The van der Waals surface area contributed by atoms with Crippen LogP contribution in [0.25, 0.3) is 0 Å². The summed E-state index contributed by atoms with van der Waals surface area (Å²) in [4.78, 5) is 0. The first-order chi connectivity index (χ1) is 5.16. The number of benzene rings is 1. The second kappa shape index (κ2) is 3.42. The van der Waals surface area contributed by atoms with E-state index in [-0.39, 0.29) is 0 Å². The van der Waals surface area contributed by atoms with Crippen molar-refractivity contribution in [2.24, 2.45) is 0 Å². The minimum atomic E-state index is 0.649. The molecular formula is C8H5ClIN. The van der Waals surface area contributed by atoms with Crippen LogP contribution >= 0.6 is 34.2 Å². The van der Waals surface area contributed by atoms with Crippen molar-refractivity contribution in [1.29, 1.82) is 5.26 Å². The highest BCUT2D eigenvalue weighted by molar-refractivity contribution is 14.1. The van der Waals surface area contributed by atoms with Crippen LogP contribution in [0.3, 0.4) is 0 Å². The predicted octanol–water partition coefficient (Wildman–Crippen LogP) is 3.12.